The molecule has 0 N–H and O–H groups in total. The average Bonchev–Trinajstić information content (AvgIpc) is 2.60. The monoisotopic (exact) mass is 325 g/mol. The van der Waals surface area contributed by atoms with E-state index < -0.39 is 10.8 Å². The molecule has 1 fully saturated rings. The van der Waals surface area contributed by atoms with Crippen molar-refractivity contribution in [2.24, 2.45) is 0 Å². The minimum Gasteiger partial charge on any atom is -0.343 e. The van der Waals surface area contributed by atoms with Crippen LogP contribution in [0.3, 0.4) is 0 Å². The van der Waals surface area contributed by atoms with Crippen LogP contribution in [-0.4, -0.2) is 28.1 Å². The van der Waals surface area contributed by atoms with Gasteiger partial charge in [-0.15, -0.1) is 0 Å². The van der Waals surface area contributed by atoms with E-state index in [2.05, 4.69) is 12.1 Å². The molecule has 2 aliphatic heterocycles. The number of piperidine rings is 1. The summed E-state index contributed by atoms with van der Waals surface area (Å²) in [5.41, 5.74) is 2.24. The smallest absolute Gasteiger partial charge is 0.219 e. The van der Waals surface area contributed by atoms with Crippen LogP contribution < -0.4 is 0 Å². The van der Waals surface area contributed by atoms with Gasteiger partial charge in [-0.1, -0.05) is 36.4 Å². The summed E-state index contributed by atoms with van der Waals surface area (Å²) < 4.78 is 13.0. The van der Waals surface area contributed by atoms with Gasteiger partial charge in [-0.25, -0.2) is 4.21 Å². The number of hydrogen-bond donors (Lipinski definition) is 0. The highest BCUT2D eigenvalue weighted by atomic mass is 32.2. The first-order valence-electron chi connectivity index (χ1n) is 8.00. The quantitative estimate of drug-likeness (QED) is 0.746. The molecule has 2 heterocycles. The van der Waals surface area contributed by atoms with E-state index in [1.54, 1.807) is 6.92 Å². The van der Waals surface area contributed by atoms with Crippen LogP contribution in [0.15, 0.2) is 58.3 Å². The fourth-order valence-electron chi connectivity index (χ4n) is 4.05. The van der Waals surface area contributed by atoms with Crippen LogP contribution in [-0.2, 0) is 21.0 Å². The molecule has 0 aliphatic carbocycles. The van der Waals surface area contributed by atoms with E-state index in [-0.39, 0.29) is 11.3 Å². The normalized spacial score (nSPS) is 19.3. The van der Waals surface area contributed by atoms with Gasteiger partial charge in [-0.3, -0.25) is 4.79 Å². The molecule has 0 aromatic heterocycles. The number of hydrogen-bond acceptors (Lipinski definition) is 2. The Morgan fingerprint density at radius 1 is 0.957 bits per heavy atom. The second-order valence-corrected chi connectivity index (χ2v) is 7.77. The summed E-state index contributed by atoms with van der Waals surface area (Å²) in [6, 6.07) is 16.2. The fourth-order valence-corrected chi connectivity index (χ4v) is 5.62. The van der Waals surface area contributed by atoms with Gasteiger partial charge >= 0.3 is 0 Å². The van der Waals surface area contributed by atoms with Crippen molar-refractivity contribution < 1.29 is 9.00 Å². The minimum absolute atomic E-state index is 0.118. The van der Waals surface area contributed by atoms with Crippen LogP contribution in [0.1, 0.15) is 30.9 Å². The number of rotatable bonds is 0. The molecule has 4 rings (SSSR count). The molecule has 2 aromatic rings. The largest absolute Gasteiger partial charge is 0.343 e. The van der Waals surface area contributed by atoms with Crippen LogP contribution in [0, 0.1) is 0 Å². The molecule has 4 heteroatoms. The van der Waals surface area contributed by atoms with Crippen molar-refractivity contribution in [1.29, 1.82) is 0 Å². The molecule has 0 radical (unpaired) electrons. The Hall–Kier alpha value is -1.94. The van der Waals surface area contributed by atoms with Crippen molar-refractivity contribution in [3.05, 3.63) is 59.7 Å². The summed E-state index contributed by atoms with van der Waals surface area (Å²) in [5.74, 6) is 0.140. The van der Waals surface area contributed by atoms with Gasteiger partial charge in [0.1, 0.15) is 0 Å². The number of likely N-dealkylation sites (tertiary alicyclic amines) is 1. The van der Waals surface area contributed by atoms with Crippen LogP contribution in [0.4, 0.5) is 0 Å². The first kappa shape index (κ1) is 14.6. The minimum atomic E-state index is -1.12. The maximum atomic E-state index is 13.0. The van der Waals surface area contributed by atoms with Gasteiger partial charge in [0.25, 0.3) is 0 Å². The van der Waals surface area contributed by atoms with Gasteiger partial charge in [-0.2, -0.15) is 0 Å². The van der Waals surface area contributed by atoms with Gasteiger partial charge in [0.05, 0.1) is 10.8 Å². The van der Waals surface area contributed by atoms with E-state index >= 15 is 0 Å². The van der Waals surface area contributed by atoms with Crippen molar-refractivity contribution in [2.45, 2.75) is 35.0 Å². The molecule has 1 amide bonds. The molecular weight excluding hydrogens is 306 g/mol. The molecule has 118 valence electrons. The molecule has 2 aromatic carbocycles. The zero-order chi connectivity index (χ0) is 16.0. The maximum Gasteiger partial charge on any atom is 0.219 e. The Labute approximate surface area is 138 Å². The lowest BCUT2D eigenvalue weighted by atomic mass is 9.67. The lowest BCUT2D eigenvalue weighted by Crippen LogP contribution is -2.46. The molecule has 0 saturated carbocycles. The number of carbonyl (C=O) groups excluding carboxylic acids is 1. The van der Waals surface area contributed by atoms with E-state index in [1.165, 1.54) is 11.1 Å². The Kier molecular flexibility index (Phi) is 3.38. The summed E-state index contributed by atoms with van der Waals surface area (Å²) >= 11 is 0. The summed E-state index contributed by atoms with van der Waals surface area (Å²) in [4.78, 5) is 15.5. The first-order chi connectivity index (χ1) is 11.1. The maximum absolute atomic E-state index is 13.0. The van der Waals surface area contributed by atoms with Gasteiger partial charge < -0.3 is 4.90 Å². The molecule has 1 spiro atoms. The van der Waals surface area contributed by atoms with Gasteiger partial charge in [0.2, 0.25) is 5.91 Å². The molecule has 1 saturated heterocycles. The van der Waals surface area contributed by atoms with Crippen LogP contribution in [0.25, 0.3) is 0 Å². The predicted octanol–water partition coefficient (Wildman–Crippen LogP) is 3.10. The predicted molar refractivity (Wildman–Crippen MR) is 89.8 cm³/mol. The summed E-state index contributed by atoms with van der Waals surface area (Å²) in [5, 5.41) is 0. The van der Waals surface area contributed by atoms with Crippen molar-refractivity contribution in [3.63, 3.8) is 0 Å². The van der Waals surface area contributed by atoms with Crippen molar-refractivity contribution in [1.82, 2.24) is 4.90 Å². The molecular formula is C19H19NO2S. The highest BCUT2D eigenvalue weighted by Crippen LogP contribution is 2.49. The molecule has 23 heavy (non-hydrogen) atoms. The third kappa shape index (κ3) is 2.08. The van der Waals surface area contributed by atoms with Gasteiger partial charge in [-0.05, 0) is 36.1 Å². The first-order valence-corrected chi connectivity index (χ1v) is 9.15. The standard InChI is InChI=1S/C19H19NO2S/c1-14(21)20-12-10-19(11-13-20)15-6-2-4-8-17(15)23(22)18-9-5-3-7-16(18)19/h2-9H,10-13H2,1H3. The second kappa shape index (κ2) is 5.31. The molecule has 2 aliphatic rings. The topological polar surface area (TPSA) is 37.4 Å². The molecule has 3 nitrogen and oxygen atoms in total. The number of fused-ring (bicyclic) bond motifs is 4. The number of amides is 1. The summed E-state index contributed by atoms with van der Waals surface area (Å²) in [6.07, 6.45) is 1.77. The van der Waals surface area contributed by atoms with E-state index in [9.17, 15) is 9.00 Å². The summed E-state index contributed by atoms with van der Waals surface area (Å²) in [7, 11) is -1.12. The number of nitrogens with zero attached hydrogens (tertiary/aromatic N) is 1. The van der Waals surface area contributed by atoms with E-state index in [4.69, 9.17) is 0 Å². The lowest BCUT2D eigenvalue weighted by Gasteiger charge is -2.45. The Morgan fingerprint density at radius 3 is 1.91 bits per heavy atom. The van der Waals surface area contributed by atoms with Crippen LogP contribution >= 0.6 is 0 Å². The van der Waals surface area contributed by atoms with Crippen molar-refractivity contribution in [3.8, 4) is 0 Å². The second-order valence-electron chi connectivity index (χ2n) is 6.35. The van der Waals surface area contributed by atoms with E-state index in [0.29, 0.717) is 0 Å². The van der Waals surface area contributed by atoms with Gasteiger partial charge in [0.15, 0.2) is 0 Å². The molecule has 0 atom stereocenters. The van der Waals surface area contributed by atoms with Crippen LogP contribution in [0.2, 0.25) is 0 Å². The Balaban J connectivity index is 1.89. The zero-order valence-corrected chi connectivity index (χ0v) is 13.9. The van der Waals surface area contributed by atoms with Gasteiger partial charge in [0, 0.05) is 35.2 Å². The Bertz CT molecular complexity index is 755. The zero-order valence-electron chi connectivity index (χ0n) is 13.1. The SMILES string of the molecule is CC(=O)N1CCC2(CC1)c1ccccc1S(=O)c1ccccc12. The average molecular weight is 325 g/mol. The molecule has 0 bridgehead atoms. The lowest BCUT2D eigenvalue weighted by molar-refractivity contribution is -0.130. The Morgan fingerprint density at radius 2 is 1.43 bits per heavy atom. The third-order valence-corrected chi connectivity index (χ3v) is 6.78. The van der Waals surface area contributed by atoms with Crippen LogP contribution in [0.5, 0.6) is 0 Å². The highest BCUT2D eigenvalue weighted by Gasteiger charge is 2.45. The highest BCUT2D eigenvalue weighted by molar-refractivity contribution is 7.85. The van der Waals surface area contributed by atoms with E-state index in [0.717, 1.165) is 35.7 Å². The molecule has 0 unspecified atom stereocenters. The third-order valence-electron chi connectivity index (χ3n) is 5.27. The van der Waals surface area contributed by atoms with Crippen molar-refractivity contribution >= 4 is 16.7 Å². The van der Waals surface area contributed by atoms with E-state index in [1.807, 2.05) is 41.3 Å². The fraction of sp³-hybridized carbons (Fsp3) is 0.316. The summed E-state index contributed by atoms with van der Waals surface area (Å²) in [6.45, 7) is 3.14. The van der Waals surface area contributed by atoms with Crippen molar-refractivity contribution in [2.75, 3.05) is 13.1 Å². The number of carbonyl (C=O) groups is 1. The number of benzene rings is 2.